The van der Waals surface area contributed by atoms with E-state index < -0.39 is 6.17 Å². The monoisotopic (exact) mass is 427 g/mol. The van der Waals surface area contributed by atoms with Gasteiger partial charge in [0, 0.05) is 64.6 Å². The van der Waals surface area contributed by atoms with Crippen molar-refractivity contribution in [2.75, 3.05) is 59.0 Å². The summed E-state index contributed by atoms with van der Waals surface area (Å²) in [4.78, 5) is 18.4. The molecular formula is C18H34ClN9O. The number of hydrogen-bond acceptors (Lipinski definition) is 9. The van der Waals surface area contributed by atoms with Crippen LogP contribution in [0.4, 0.5) is 0 Å². The number of piperidine rings is 1. The van der Waals surface area contributed by atoms with Crippen molar-refractivity contribution in [2.24, 2.45) is 11.7 Å². The lowest BCUT2D eigenvalue weighted by Gasteiger charge is -2.46. The topological polar surface area (TPSA) is 113 Å². The first kappa shape index (κ1) is 20.3. The summed E-state index contributed by atoms with van der Waals surface area (Å²) in [6.07, 6.45) is 0.544. The number of hydrazine groups is 1. The molecule has 11 heteroatoms. The average Bonchev–Trinajstić information content (AvgIpc) is 3.30. The number of nitrogens with one attached hydrogen (secondary N) is 5. The smallest absolute Gasteiger partial charge is 0.229 e. The maximum atomic E-state index is 13.3. The van der Waals surface area contributed by atoms with Crippen LogP contribution in [0, 0.1) is 5.92 Å². The molecule has 0 aromatic heterocycles. The number of amides is 1. The SMILES string of the molecule is NC1NN2CC(Cl)CNC2C1C(=O)NC1CNCCC1N1CCN2CNCC2C1. The molecule has 0 radical (unpaired) electrons. The molecule has 7 unspecified atom stereocenters. The molecule has 0 spiro atoms. The Kier molecular flexibility index (Phi) is 5.98. The number of fused-ring (bicyclic) bond motifs is 2. The summed E-state index contributed by atoms with van der Waals surface area (Å²) in [5.74, 6) is -0.310. The molecule has 164 valence electrons. The normalized spacial score (nSPS) is 44.4. The van der Waals surface area contributed by atoms with Gasteiger partial charge < -0.3 is 21.7 Å². The van der Waals surface area contributed by atoms with Crippen LogP contribution in [0.5, 0.6) is 0 Å². The first-order chi connectivity index (χ1) is 14.1. The van der Waals surface area contributed by atoms with Gasteiger partial charge in [0.2, 0.25) is 5.91 Å². The minimum Gasteiger partial charge on any atom is -0.350 e. The van der Waals surface area contributed by atoms with Crippen molar-refractivity contribution in [3.63, 3.8) is 0 Å². The zero-order valence-electron chi connectivity index (χ0n) is 16.8. The maximum absolute atomic E-state index is 13.3. The van der Waals surface area contributed by atoms with Gasteiger partial charge in [0.25, 0.3) is 0 Å². The Bertz CT molecular complexity index is 612. The molecule has 0 bridgehead atoms. The molecule has 0 aromatic rings. The Hall–Kier alpha value is -0.560. The molecule has 7 atom stereocenters. The summed E-state index contributed by atoms with van der Waals surface area (Å²) >= 11 is 6.25. The van der Waals surface area contributed by atoms with Crippen molar-refractivity contribution in [2.45, 2.75) is 42.3 Å². The molecule has 5 rings (SSSR count). The molecule has 7 N–H and O–H groups in total. The number of piperazine rings is 1. The fraction of sp³-hybridized carbons (Fsp3) is 0.944. The summed E-state index contributed by atoms with van der Waals surface area (Å²) in [5, 5.41) is 15.7. The van der Waals surface area contributed by atoms with Gasteiger partial charge in [0.05, 0.1) is 29.7 Å². The van der Waals surface area contributed by atoms with Crippen LogP contribution >= 0.6 is 11.6 Å². The zero-order valence-corrected chi connectivity index (χ0v) is 17.6. The van der Waals surface area contributed by atoms with Crippen molar-refractivity contribution >= 4 is 17.5 Å². The number of alkyl halides is 1. The van der Waals surface area contributed by atoms with Crippen LogP contribution in [0.15, 0.2) is 0 Å². The summed E-state index contributed by atoms with van der Waals surface area (Å²) in [7, 11) is 0. The van der Waals surface area contributed by atoms with E-state index in [2.05, 4.69) is 36.5 Å². The molecule has 0 aliphatic carbocycles. The largest absolute Gasteiger partial charge is 0.350 e. The molecule has 5 aliphatic heterocycles. The van der Waals surface area contributed by atoms with E-state index in [1.165, 1.54) is 0 Å². The molecule has 5 heterocycles. The Morgan fingerprint density at radius 2 is 1.97 bits per heavy atom. The van der Waals surface area contributed by atoms with E-state index in [4.69, 9.17) is 17.3 Å². The van der Waals surface area contributed by atoms with Gasteiger partial charge in [-0.2, -0.15) is 0 Å². The predicted molar refractivity (Wildman–Crippen MR) is 111 cm³/mol. The number of rotatable bonds is 3. The standard InChI is InChI=1S/C18H34ClN9O/c19-11-5-23-17-15(16(20)25-28(17)8-11)18(29)24-13-7-21-2-1-14(13)26-3-4-27-10-22-6-12(27)9-26/h11-17,21-23,25H,1-10,20H2,(H,24,29). The van der Waals surface area contributed by atoms with Crippen LogP contribution in [-0.2, 0) is 4.79 Å². The van der Waals surface area contributed by atoms with E-state index in [0.717, 1.165) is 52.4 Å². The average molecular weight is 428 g/mol. The van der Waals surface area contributed by atoms with Gasteiger partial charge in [-0.15, -0.1) is 11.6 Å². The first-order valence-corrected chi connectivity index (χ1v) is 11.4. The third kappa shape index (κ3) is 4.02. The Morgan fingerprint density at radius 3 is 2.86 bits per heavy atom. The van der Waals surface area contributed by atoms with Crippen molar-refractivity contribution in [3.8, 4) is 0 Å². The second-order valence-electron chi connectivity index (χ2n) is 9.03. The first-order valence-electron chi connectivity index (χ1n) is 11.0. The van der Waals surface area contributed by atoms with Gasteiger partial charge in [-0.25, -0.2) is 10.4 Å². The van der Waals surface area contributed by atoms with Crippen LogP contribution < -0.4 is 32.4 Å². The van der Waals surface area contributed by atoms with E-state index in [0.29, 0.717) is 25.2 Å². The van der Waals surface area contributed by atoms with E-state index >= 15 is 0 Å². The number of nitrogens with two attached hydrogens (primary N) is 1. The van der Waals surface area contributed by atoms with Gasteiger partial charge in [0.15, 0.2) is 0 Å². The van der Waals surface area contributed by atoms with Gasteiger partial charge in [0.1, 0.15) is 0 Å². The summed E-state index contributed by atoms with van der Waals surface area (Å²) in [6.45, 7) is 8.48. The highest BCUT2D eigenvalue weighted by Crippen LogP contribution is 2.24. The third-order valence-electron chi connectivity index (χ3n) is 7.20. The molecule has 0 saturated carbocycles. The highest BCUT2D eigenvalue weighted by molar-refractivity contribution is 6.21. The number of hydrogen-bond donors (Lipinski definition) is 6. The van der Waals surface area contributed by atoms with E-state index in [1.54, 1.807) is 0 Å². The summed E-state index contributed by atoms with van der Waals surface area (Å²) in [5.41, 5.74) is 9.51. The molecular weight excluding hydrogens is 394 g/mol. The highest BCUT2D eigenvalue weighted by atomic mass is 35.5. The van der Waals surface area contributed by atoms with Crippen LogP contribution in [-0.4, -0.2) is 116 Å². The Morgan fingerprint density at radius 1 is 1.10 bits per heavy atom. The molecule has 5 fully saturated rings. The number of carbonyl (C=O) groups is 1. The minimum atomic E-state index is -0.405. The molecule has 0 aromatic carbocycles. The van der Waals surface area contributed by atoms with E-state index in [1.807, 2.05) is 5.01 Å². The maximum Gasteiger partial charge on any atom is 0.229 e. The molecule has 5 aliphatic rings. The zero-order chi connectivity index (χ0) is 20.0. The predicted octanol–water partition coefficient (Wildman–Crippen LogP) is -3.36. The van der Waals surface area contributed by atoms with Gasteiger partial charge in [-0.05, 0) is 13.0 Å². The van der Waals surface area contributed by atoms with Crippen LogP contribution in [0.25, 0.3) is 0 Å². The highest BCUT2D eigenvalue weighted by Gasteiger charge is 2.47. The van der Waals surface area contributed by atoms with Crippen LogP contribution in [0.2, 0.25) is 0 Å². The second-order valence-corrected chi connectivity index (χ2v) is 9.65. The van der Waals surface area contributed by atoms with Gasteiger partial charge in [-0.1, -0.05) is 0 Å². The number of halogens is 1. The third-order valence-corrected chi connectivity index (χ3v) is 7.49. The van der Waals surface area contributed by atoms with E-state index in [9.17, 15) is 4.79 Å². The van der Waals surface area contributed by atoms with Crippen molar-refractivity contribution in [3.05, 3.63) is 0 Å². The van der Waals surface area contributed by atoms with Gasteiger partial charge in [-0.3, -0.25) is 19.9 Å². The summed E-state index contributed by atoms with van der Waals surface area (Å²) < 4.78 is 0. The fourth-order valence-electron chi connectivity index (χ4n) is 5.68. The van der Waals surface area contributed by atoms with Crippen LogP contribution in [0.3, 0.4) is 0 Å². The second kappa shape index (κ2) is 8.52. The van der Waals surface area contributed by atoms with Crippen molar-refractivity contribution in [1.29, 1.82) is 0 Å². The Labute approximate surface area is 177 Å². The van der Waals surface area contributed by atoms with Gasteiger partial charge >= 0.3 is 0 Å². The minimum absolute atomic E-state index is 0.0171. The van der Waals surface area contributed by atoms with Crippen molar-refractivity contribution in [1.82, 2.24) is 41.5 Å². The molecule has 29 heavy (non-hydrogen) atoms. The lowest BCUT2D eigenvalue weighted by atomic mass is 9.95. The molecule has 5 saturated heterocycles. The van der Waals surface area contributed by atoms with Crippen molar-refractivity contribution < 1.29 is 4.79 Å². The van der Waals surface area contributed by atoms with Crippen LogP contribution in [0.1, 0.15) is 6.42 Å². The fourth-order valence-corrected chi connectivity index (χ4v) is 5.92. The number of carbonyl (C=O) groups excluding carboxylic acids is 1. The summed E-state index contributed by atoms with van der Waals surface area (Å²) in [6, 6.07) is 1.06. The lowest BCUT2D eigenvalue weighted by molar-refractivity contribution is -0.128. The lowest BCUT2D eigenvalue weighted by Crippen LogP contribution is -2.65. The Balaban J connectivity index is 1.24. The molecule has 1 amide bonds. The van der Waals surface area contributed by atoms with E-state index in [-0.39, 0.29) is 29.4 Å². The molecule has 10 nitrogen and oxygen atoms in total. The number of nitrogens with zero attached hydrogens (tertiary/aromatic N) is 3. The quantitative estimate of drug-likeness (QED) is 0.257.